The molecule has 4 rings (SSSR count). The lowest BCUT2D eigenvalue weighted by Gasteiger charge is -2.32. The topological polar surface area (TPSA) is 24.1 Å². The van der Waals surface area contributed by atoms with Crippen molar-refractivity contribution >= 4 is 34.8 Å². The van der Waals surface area contributed by atoms with Crippen LogP contribution in [0.2, 0.25) is 0 Å². The van der Waals surface area contributed by atoms with Crippen molar-refractivity contribution in [1.29, 1.82) is 0 Å². The molecule has 0 bridgehead atoms. The zero-order valence-electron chi connectivity index (χ0n) is 17.4. The molecule has 2 N–H and O–H groups in total. The molecule has 0 amide bonds. The third kappa shape index (κ3) is 5.24. The molecule has 154 valence electrons. The maximum atomic E-state index is 5.69. The SMILES string of the molecule is Cc1ccc(C2(NC(=S)Nc3ccc(CSc4ccccc4)cc3)CCCC2)cc1. The number of hydrogen-bond acceptors (Lipinski definition) is 2. The summed E-state index contributed by atoms with van der Waals surface area (Å²) >= 11 is 7.55. The minimum Gasteiger partial charge on any atom is -0.353 e. The fraction of sp³-hybridized carbons (Fsp3) is 0.269. The van der Waals surface area contributed by atoms with Crippen LogP contribution in [0.1, 0.15) is 42.4 Å². The molecule has 0 radical (unpaired) electrons. The highest BCUT2D eigenvalue weighted by Gasteiger charge is 2.36. The molecule has 4 heteroatoms. The molecule has 3 aromatic rings. The van der Waals surface area contributed by atoms with Crippen LogP contribution in [0.25, 0.3) is 0 Å². The molecular weight excluding hydrogens is 404 g/mol. The molecular formula is C26H28N2S2. The van der Waals surface area contributed by atoms with Gasteiger partial charge in [-0.15, -0.1) is 11.8 Å². The Morgan fingerprint density at radius 3 is 2.23 bits per heavy atom. The second-order valence-corrected chi connectivity index (χ2v) is 9.49. The molecule has 0 aromatic heterocycles. The molecule has 0 aliphatic heterocycles. The van der Waals surface area contributed by atoms with Gasteiger partial charge < -0.3 is 10.6 Å². The number of anilines is 1. The smallest absolute Gasteiger partial charge is 0.171 e. The predicted molar refractivity (Wildman–Crippen MR) is 133 cm³/mol. The first kappa shape index (κ1) is 21.0. The van der Waals surface area contributed by atoms with E-state index in [2.05, 4.69) is 96.4 Å². The molecule has 3 aromatic carbocycles. The number of rotatable bonds is 6. The molecule has 1 aliphatic rings. The van der Waals surface area contributed by atoms with Gasteiger partial charge in [-0.3, -0.25) is 0 Å². The first-order valence-corrected chi connectivity index (χ1v) is 12.0. The maximum Gasteiger partial charge on any atom is 0.171 e. The largest absolute Gasteiger partial charge is 0.353 e. The molecule has 0 atom stereocenters. The van der Waals surface area contributed by atoms with Gasteiger partial charge in [-0.05, 0) is 67.4 Å². The van der Waals surface area contributed by atoms with Crippen molar-refractivity contribution in [3.05, 3.63) is 95.6 Å². The van der Waals surface area contributed by atoms with E-state index in [0.29, 0.717) is 5.11 Å². The summed E-state index contributed by atoms with van der Waals surface area (Å²) in [5.41, 5.74) is 4.91. The fourth-order valence-corrected chi connectivity index (χ4v) is 5.27. The summed E-state index contributed by atoms with van der Waals surface area (Å²) in [5, 5.41) is 7.74. The average molecular weight is 433 g/mol. The van der Waals surface area contributed by atoms with Crippen LogP contribution in [0.5, 0.6) is 0 Å². The zero-order chi connectivity index (χ0) is 20.8. The van der Waals surface area contributed by atoms with Crippen molar-refractivity contribution in [3.63, 3.8) is 0 Å². The molecule has 0 spiro atoms. The van der Waals surface area contributed by atoms with Crippen molar-refractivity contribution in [1.82, 2.24) is 5.32 Å². The third-order valence-corrected chi connectivity index (χ3v) is 7.06. The zero-order valence-corrected chi connectivity index (χ0v) is 19.0. The highest BCUT2D eigenvalue weighted by molar-refractivity contribution is 7.98. The van der Waals surface area contributed by atoms with E-state index in [0.717, 1.165) is 24.3 Å². The van der Waals surface area contributed by atoms with Crippen molar-refractivity contribution < 1.29 is 0 Å². The molecule has 0 unspecified atom stereocenters. The Balaban J connectivity index is 1.36. The van der Waals surface area contributed by atoms with Crippen LogP contribution < -0.4 is 10.6 Å². The van der Waals surface area contributed by atoms with Crippen LogP contribution >= 0.6 is 24.0 Å². The highest BCUT2D eigenvalue weighted by atomic mass is 32.2. The quantitative estimate of drug-likeness (QED) is 0.322. The van der Waals surface area contributed by atoms with Gasteiger partial charge in [0.2, 0.25) is 0 Å². The Labute approximate surface area is 189 Å². The molecule has 1 aliphatic carbocycles. The summed E-state index contributed by atoms with van der Waals surface area (Å²) in [5.74, 6) is 0.962. The number of nitrogens with one attached hydrogen (secondary N) is 2. The van der Waals surface area contributed by atoms with Crippen LogP contribution in [0, 0.1) is 6.92 Å². The summed E-state index contributed by atoms with van der Waals surface area (Å²) in [4.78, 5) is 1.29. The van der Waals surface area contributed by atoms with E-state index in [4.69, 9.17) is 12.2 Å². The predicted octanol–water partition coefficient (Wildman–Crippen LogP) is 7.04. The Morgan fingerprint density at radius 1 is 0.900 bits per heavy atom. The normalized spacial score (nSPS) is 15.0. The Bertz CT molecular complexity index is 960. The van der Waals surface area contributed by atoms with Gasteiger partial charge in [-0.25, -0.2) is 0 Å². The number of benzene rings is 3. The first-order valence-electron chi connectivity index (χ1n) is 10.6. The van der Waals surface area contributed by atoms with E-state index in [-0.39, 0.29) is 5.54 Å². The van der Waals surface area contributed by atoms with Crippen LogP contribution in [0.15, 0.2) is 83.8 Å². The van der Waals surface area contributed by atoms with E-state index in [9.17, 15) is 0 Å². The number of hydrogen-bond donors (Lipinski definition) is 2. The molecule has 1 saturated carbocycles. The summed E-state index contributed by atoms with van der Waals surface area (Å²) < 4.78 is 0. The van der Waals surface area contributed by atoms with Crippen LogP contribution in [0.4, 0.5) is 5.69 Å². The molecule has 30 heavy (non-hydrogen) atoms. The lowest BCUT2D eigenvalue weighted by Crippen LogP contribution is -2.45. The Kier molecular flexibility index (Phi) is 6.76. The fourth-order valence-electron chi connectivity index (χ4n) is 4.08. The highest BCUT2D eigenvalue weighted by Crippen LogP contribution is 2.39. The number of aryl methyl sites for hydroxylation is 1. The van der Waals surface area contributed by atoms with E-state index in [1.165, 1.54) is 34.4 Å². The summed E-state index contributed by atoms with van der Waals surface area (Å²) in [6, 6.07) is 28.0. The number of thiocarbonyl (C=S) groups is 1. The second kappa shape index (κ2) is 9.67. The third-order valence-electron chi connectivity index (χ3n) is 5.77. The molecule has 0 heterocycles. The van der Waals surface area contributed by atoms with E-state index >= 15 is 0 Å². The van der Waals surface area contributed by atoms with Crippen molar-refractivity contribution in [2.24, 2.45) is 0 Å². The van der Waals surface area contributed by atoms with E-state index in [1.807, 2.05) is 11.8 Å². The lowest BCUT2D eigenvalue weighted by atomic mass is 9.88. The first-order chi connectivity index (χ1) is 14.6. The summed E-state index contributed by atoms with van der Waals surface area (Å²) in [7, 11) is 0. The van der Waals surface area contributed by atoms with Gasteiger partial charge in [-0.1, -0.05) is 73.0 Å². The van der Waals surface area contributed by atoms with Crippen molar-refractivity contribution in [2.75, 3.05) is 5.32 Å². The van der Waals surface area contributed by atoms with Gasteiger partial charge in [0, 0.05) is 16.3 Å². The number of thioether (sulfide) groups is 1. The Morgan fingerprint density at radius 2 is 1.57 bits per heavy atom. The lowest BCUT2D eigenvalue weighted by molar-refractivity contribution is 0.408. The van der Waals surface area contributed by atoms with E-state index < -0.39 is 0 Å². The Hall–Kier alpha value is -2.30. The van der Waals surface area contributed by atoms with Crippen molar-refractivity contribution in [2.45, 2.75) is 48.8 Å². The summed E-state index contributed by atoms with van der Waals surface area (Å²) in [6.07, 6.45) is 4.70. The van der Waals surface area contributed by atoms with Gasteiger partial charge in [-0.2, -0.15) is 0 Å². The average Bonchev–Trinajstić information content (AvgIpc) is 3.24. The molecule has 2 nitrogen and oxygen atoms in total. The van der Waals surface area contributed by atoms with Gasteiger partial charge in [0.1, 0.15) is 0 Å². The minimum atomic E-state index is -0.0515. The van der Waals surface area contributed by atoms with Gasteiger partial charge in [0.05, 0.1) is 5.54 Å². The van der Waals surface area contributed by atoms with Gasteiger partial charge in [0.25, 0.3) is 0 Å². The molecule has 1 fully saturated rings. The van der Waals surface area contributed by atoms with Gasteiger partial charge >= 0.3 is 0 Å². The molecule has 0 saturated heterocycles. The summed E-state index contributed by atoms with van der Waals surface area (Å²) in [6.45, 7) is 2.13. The van der Waals surface area contributed by atoms with Crippen LogP contribution in [0.3, 0.4) is 0 Å². The van der Waals surface area contributed by atoms with Crippen LogP contribution in [-0.4, -0.2) is 5.11 Å². The van der Waals surface area contributed by atoms with E-state index in [1.54, 1.807) is 0 Å². The monoisotopic (exact) mass is 432 g/mol. The maximum absolute atomic E-state index is 5.69. The standard InChI is InChI=1S/C26H28N2S2/c1-20-9-13-22(14-10-20)26(17-5-6-18-26)28-25(29)27-23-15-11-21(12-16-23)19-30-24-7-3-2-4-8-24/h2-4,7-16H,5-6,17-19H2,1H3,(H2,27,28,29). The van der Waals surface area contributed by atoms with Crippen molar-refractivity contribution in [3.8, 4) is 0 Å². The minimum absolute atomic E-state index is 0.0515. The van der Waals surface area contributed by atoms with Crippen LogP contribution in [-0.2, 0) is 11.3 Å². The van der Waals surface area contributed by atoms with Gasteiger partial charge in [0.15, 0.2) is 5.11 Å². The second-order valence-electron chi connectivity index (χ2n) is 8.03.